The molecular weight excluding hydrogens is 316 g/mol. The summed E-state index contributed by atoms with van der Waals surface area (Å²) in [5, 5.41) is 2.88. The monoisotopic (exact) mass is 332 g/mol. The van der Waals surface area contributed by atoms with Crippen molar-refractivity contribution in [3.63, 3.8) is 0 Å². The number of rotatable bonds is 3. The van der Waals surface area contributed by atoms with E-state index in [0.29, 0.717) is 16.9 Å². The van der Waals surface area contributed by atoms with Gasteiger partial charge in [0.1, 0.15) is 0 Å². The van der Waals surface area contributed by atoms with E-state index in [0.717, 1.165) is 22.0 Å². The minimum absolute atomic E-state index is 0.132. The maximum absolute atomic E-state index is 12.3. The van der Waals surface area contributed by atoms with Gasteiger partial charge >= 0.3 is 0 Å². The summed E-state index contributed by atoms with van der Waals surface area (Å²) in [4.78, 5) is 12.3. The Balaban J connectivity index is 2.24. The molecule has 0 atom stereocenters. The first-order valence-electron chi connectivity index (χ1n) is 6.47. The molecule has 0 saturated heterocycles. The fraction of sp³-hybridized carbons (Fsp3) is 0.188. The van der Waals surface area contributed by atoms with Crippen LogP contribution < -0.4 is 11.1 Å². The number of hydrogen-bond acceptors (Lipinski definition) is 2. The molecule has 2 aromatic rings. The Bertz CT molecular complexity index is 653. The molecule has 0 bridgehead atoms. The van der Waals surface area contributed by atoms with E-state index in [1.165, 1.54) is 0 Å². The van der Waals surface area contributed by atoms with Gasteiger partial charge in [-0.1, -0.05) is 35.0 Å². The van der Waals surface area contributed by atoms with E-state index in [9.17, 15) is 4.79 Å². The Kier molecular flexibility index (Phi) is 4.45. The van der Waals surface area contributed by atoms with Gasteiger partial charge in [-0.2, -0.15) is 0 Å². The van der Waals surface area contributed by atoms with Gasteiger partial charge in [0.15, 0.2) is 0 Å². The van der Waals surface area contributed by atoms with Crippen molar-refractivity contribution in [2.24, 2.45) is 0 Å². The number of halogens is 1. The highest BCUT2D eigenvalue weighted by Gasteiger charge is 2.11. The quantitative estimate of drug-likeness (QED) is 0.829. The van der Waals surface area contributed by atoms with E-state index in [-0.39, 0.29) is 5.91 Å². The van der Waals surface area contributed by atoms with Crippen LogP contribution in [0.3, 0.4) is 0 Å². The van der Waals surface area contributed by atoms with Crippen LogP contribution in [0.2, 0.25) is 0 Å². The number of anilines is 2. The van der Waals surface area contributed by atoms with Crippen LogP contribution in [0.5, 0.6) is 0 Å². The van der Waals surface area contributed by atoms with E-state index in [1.54, 1.807) is 12.1 Å². The van der Waals surface area contributed by atoms with Crippen molar-refractivity contribution >= 4 is 33.2 Å². The summed E-state index contributed by atoms with van der Waals surface area (Å²) in [7, 11) is 0. The lowest BCUT2D eigenvalue weighted by Gasteiger charge is -2.10. The highest BCUT2D eigenvalue weighted by Crippen LogP contribution is 2.22. The molecule has 0 spiro atoms. The molecule has 2 rings (SSSR count). The normalized spacial score (nSPS) is 10.3. The molecule has 3 nitrogen and oxygen atoms in total. The summed E-state index contributed by atoms with van der Waals surface area (Å²) in [6.07, 6.45) is 0.880. The van der Waals surface area contributed by atoms with Gasteiger partial charge in [-0.05, 0) is 48.7 Å². The predicted molar refractivity (Wildman–Crippen MR) is 87.1 cm³/mol. The van der Waals surface area contributed by atoms with Gasteiger partial charge in [0.2, 0.25) is 0 Å². The van der Waals surface area contributed by atoms with Crippen LogP contribution in [-0.2, 0) is 6.42 Å². The van der Waals surface area contributed by atoms with Crippen molar-refractivity contribution in [3.05, 3.63) is 57.6 Å². The molecule has 3 N–H and O–H groups in total. The van der Waals surface area contributed by atoms with Crippen LogP contribution in [0.25, 0.3) is 0 Å². The maximum Gasteiger partial charge on any atom is 0.255 e. The number of hydrogen-bond donors (Lipinski definition) is 2. The van der Waals surface area contributed by atoms with Gasteiger partial charge in [0, 0.05) is 21.4 Å². The van der Waals surface area contributed by atoms with E-state index in [1.807, 2.05) is 31.2 Å². The summed E-state index contributed by atoms with van der Waals surface area (Å²) in [6.45, 7) is 3.96. The topological polar surface area (TPSA) is 55.1 Å². The number of aryl methyl sites for hydroxylation is 1. The number of carbonyl (C=O) groups is 1. The molecular formula is C16H17BrN2O. The van der Waals surface area contributed by atoms with E-state index < -0.39 is 0 Å². The molecule has 104 valence electrons. The molecule has 2 aromatic carbocycles. The lowest BCUT2D eigenvalue weighted by Crippen LogP contribution is -2.13. The second-order valence-corrected chi connectivity index (χ2v) is 5.49. The van der Waals surface area contributed by atoms with Crippen LogP contribution in [0.4, 0.5) is 11.4 Å². The first kappa shape index (κ1) is 14.6. The van der Waals surface area contributed by atoms with Crippen molar-refractivity contribution in [1.82, 2.24) is 0 Å². The molecule has 0 aliphatic carbocycles. The molecule has 0 unspecified atom stereocenters. The number of carbonyl (C=O) groups excluding carboxylic acids is 1. The predicted octanol–water partition coefficient (Wildman–Crippen LogP) is 4.15. The summed E-state index contributed by atoms with van der Waals surface area (Å²) >= 11 is 3.43. The van der Waals surface area contributed by atoms with Crippen molar-refractivity contribution in [1.29, 1.82) is 0 Å². The molecule has 1 amide bonds. The van der Waals surface area contributed by atoms with E-state index >= 15 is 0 Å². The Labute approximate surface area is 127 Å². The van der Waals surface area contributed by atoms with Crippen LogP contribution in [0.15, 0.2) is 40.9 Å². The maximum atomic E-state index is 12.3. The van der Waals surface area contributed by atoms with Gasteiger partial charge in [-0.25, -0.2) is 0 Å². The number of nitrogen functional groups attached to an aromatic ring is 1. The third-order valence-electron chi connectivity index (χ3n) is 3.30. The molecule has 0 saturated carbocycles. The van der Waals surface area contributed by atoms with Crippen molar-refractivity contribution < 1.29 is 4.79 Å². The summed E-state index contributed by atoms with van der Waals surface area (Å²) < 4.78 is 0.922. The Morgan fingerprint density at radius 3 is 2.70 bits per heavy atom. The van der Waals surface area contributed by atoms with Gasteiger partial charge in [0.05, 0.1) is 0 Å². The largest absolute Gasteiger partial charge is 0.398 e. The molecule has 0 heterocycles. The standard InChI is InChI=1S/C16H17BrN2O/c1-3-11-7-8-12(9-15(11)18)19-16(20)13-5-4-6-14(17)10(13)2/h4-9H,3,18H2,1-2H3,(H,19,20). The Hall–Kier alpha value is -1.81. The molecule has 0 aliphatic rings. The highest BCUT2D eigenvalue weighted by atomic mass is 79.9. The average molecular weight is 333 g/mol. The van der Waals surface area contributed by atoms with Gasteiger partial charge in [-0.3, -0.25) is 4.79 Å². The molecule has 0 aliphatic heterocycles. The number of benzene rings is 2. The second kappa shape index (κ2) is 6.09. The van der Waals surface area contributed by atoms with Gasteiger partial charge in [0.25, 0.3) is 5.91 Å². The zero-order valence-electron chi connectivity index (χ0n) is 11.5. The van der Waals surface area contributed by atoms with E-state index in [2.05, 4.69) is 28.2 Å². The highest BCUT2D eigenvalue weighted by molar-refractivity contribution is 9.10. The molecule has 0 radical (unpaired) electrons. The number of nitrogens with two attached hydrogens (primary N) is 1. The number of amides is 1. The fourth-order valence-corrected chi connectivity index (χ4v) is 2.41. The smallest absolute Gasteiger partial charge is 0.255 e. The lowest BCUT2D eigenvalue weighted by molar-refractivity contribution is 0.102. The third-order valence-corrected chi connectivity index (χ3v) is 4.16. The fourth-order valence-electron chi connectivity index (χ4n) is 2.05. The van der Waals surface area contributed by atoms with Crippen LogP contribution in [0.1, 0.15) is 28.4 Å². The first-order chi connectivity index (χ1) is 9.52. The number of nitrogens with one attached hydrogen (secondary N) is 1. The zero-order valence-corrected chi connectivity index (χ0v) is 13.1. The van der Waals surface area contributed by atoms with Crippen molar-refractivity contribution in [3.8, 4) is 0 Å². The minimum atomic E-state index is -0.132. The Morgan fingerprint density at radius 2 is 2.05 bits per heavy atom. The molecule has 20 heavy (non-hydrogen) atoms. The first-order valence-corrected chi connectivity index (χ1v) is 7.27. The van der Waals surface area contributed by atoms with Crippen LogP contribution >= 0.6 is 15.9 Å². The van der Waals surface area contributed by atoms with E-state index in [4.69, 9.17) is 5.73 Å². The Morgan fingerprint density at radius 1 is 1.30 bits per heavy atom. The lowest BCUT2D eigenvalue weighted by atomic mass is 10.1. The SMILES string of the molecule is CCc1ccc(NC(=O)c2cccc(Br)c2C)cc1N. The third kappa shape index (κ3) is 3.02. The zero-order chi connectivity index (χ0) is 14.7. The summed E-state index contributed by atoms with van der Waals surface area (Å²) in [5.74, 6) is -0.132. The van der Waals surface area contributed by atoms with Crippen LogP contribution in [0, 0.1) is 6.92 Å². The van der Waals surface area contributed by atoms with Crippen LogP contribution in [-0.4, -0.2) is 5.91 Å². The van der Waals surface area contributed by atoms with Gasteiger partial charge < -0.3 is 11.1 Å². The summed E-state index contributed by atoms with van der Waals surface area (Å²) in [5.41, 5.74) is 10.0. The second-order valence-electron chi connectivity index (χ2n) is 4.63. The van der Waals surface area contributed by atoms with Crippen molar-refractivity contribution in [2.45, 2.75) is 20.3 Å². The molecule has 0 fully saturated rings. The summed E-state index contributed by atoms with van der Waals surface area (Å²) in [6, 6.07) is 11.2. The molecule has 0 aromatic heterocycles. The molecule has 4 heteroatoms. The van der Waals surface area contributed by atoms with Gasteiger partial charge in [-0.15, -0.1) is 0 Å². The minimum Gasteiger partial charge on any atom is -0.398 e. The van der Waals surface area contributed by atoms with Crippen molar-refractivity contribution in [2.75, 3.05) is 11.1 Å². The average Bonchev–Trinajstić information content (AvgIpc) is 2.42.